The van der Waals surface area contributed by atoms with Crippen molar-refractivity contribution < 1.29 is 34.2 Å². The van der Waals surface area contributed by atoms with Crippen LogP contribution in [0.3, 0.4) is 0 Å². The van der Waals surface area contributed by atoms with Crippen molar-refractivity contribution in [1.82, 2.24) is 16.0 Å². The largest absolute Gasteiger partial charge is 0.481 e. The monoisotopic (exact) mass is 458 g/mol. The van der Waals surface area contributed by atoms with Gasteiger partial charge < -0.3 is 31.9 Å². The minimum Gasteiger partial charge on any atom is -0.481 e. The molecule has 0 spiro atoms. The summed E-state index contributed by atoms with van der Waals surface area (Å²) in [6.45, 7) is 10.6. The average molecular weight is 459 g/mol. The SMILES string of the molecule is CC(C)CC(N)C(=O)NC(CC(C)C)C(=O)NC(CC(=O)O)C(=O)NC(C(=O)O)C(C)C. The number of carbonyl (C=O) groups excluding carboxylic acids is 3. The molecule has 0 saturated heterocycles. The van der Waals surface area contributed by atoms with Gasteiger partial charge in [0.15, 0.2) is 0 Å². The van der Waals surface area contributed by atoms with Crippen LogP contribution in [0.5, 0.6) is 0 Å². The molecule has 0 aromatic heterocycles. The molecule has 7 N–H and O–H groups in total. The van der Waals surface area contributed by atoms with Crippen molar-refractivity contribution in [2.45, 2.75) is 85.0 Å². The van der Waals surface area contributed by atoms with Crippen LogP contribution in [0.1, 0.15) is 60.8 Å². The minimum atomic E-state index is -1.52. The maximum absolute atomic E-state index is 12.9. The zero-order valence-electron chi connectivity index (χ0n) is 19.7. The van der Waals surface area contributed by atoms with Gasteiger partial charge in [0.25, 0.3) is 0 Å². The molecule has 11 heteroatoms. The topological polar surface area (TPSA) is 188 Å². The fourth-order valence-electron chi connectivity index (χ4n) is 3.02. The Bertz CT molecular complexity index is 679. The first-order chi connectivity index (χ1) is 14.6. The lowest BCUT2D eigenvalue weighted by Gasteiger charge is -2.26. The summed E-state index contributed by atoms with van der Waals surface area (Å²) in [7, 11) is 0. The Labute approximate surface area is 188 Å². The van der Waals surface area contributed by atoms with Gasteiger partial charge in [-0.25, -0.2) is 4.79 Å². The molecule has 0 aromatic rings. The van der Waals surface area contributed by atoms with Crippen LogP contribution in [-0.2, 0) is 24.0 Å². The summed E-state index contributed by atoms with van der Waals surface area (Å²) in [4.78, 5) is 60.4. The molecule has 0 aliphatic heterocycles. The molecular formula is C21H38N4O7. The normalized spacial score (nSPS) is 15.1. The average Bonchev–Trinajstić information content (AvgIpc) is 2.62. The van der Waals surface area contributed by atoms with Gasteiger partial charge in [-0.1, -0.05) is 41.5 Å². The number of carboxylic acids is 2. The summed E-state index contributed by atoms with van der Waals surface area (Å²) in [5.74, 6) is -5.15. The summed E-state index contributed by atoms with van der Waals surface area (Å²) >= 11 is 0. The molecule has 0 bridgehead atoms. The van der Waals surface area contributed by atoms with Crippen molar-refractivity contribution in [3.05, 3.63) is 0 Å². The molecule has 184 valence electrons. The third-order valence-electron chi connectivity index (χ3n) is 4.64. The maximum Gasteiger partial charge on any atom is 0.326 e. The summed E-state index contributed by atoms with van der Waals surface area (Å²) in [5.41, 5.74) is 5.88. The number of hydrogen-bond donors (Lipinski definition) is 6. The second-order valence-corrected chi connectivity index (χ2v) is 9.15. The van der Waals surface area contributed by atoms with E-state index in [1.165, 1.54) is 0 Å². The second kappa shape index (κ2) is 13.7. The van der Waals surface area contributed by atoms with Crippen molar-refractivity contribution in [2.75, 3.05) is 0 Å². The van der Waals surface area contributed by atoms with Crippen molar-refractivity contribution >= 4 is 29.7 Å². The number of nitrogens with two attached hydrogens (primary N) is 1. The van der Waals surface area contributed by atoms with E-state index in [9.17, 15) is 29.1 Å². The van der Waals surface area contributed by atoms with Gasteiger partial charge >= 0.3 is 11.9 Å². The molecule has 32 heavy (non-hydrogen) atoms. The number of nitrogens with one attached hydrogen (secondary N) is 3. The van der Waals surface area contributed by atoms with Crippen molar-refractivity contribution in [2.24, 2.45) is 23.5 Å². The Morgan fingerprint density at radius 2 is 1.19 bits per heavy atom. The highest BCUT2D eigenvalue weighted by Crippen LogP contribution is 2.09. The molecule has 0 aromatic carbocycles. The summed E-state index contributed by atoms with van der Waals surface area (Å²) in [6.07, 6.45) is -0.105. The van der Waals surface area contributed by atoms with Gasteiger partial charge in [0.1, 0.15) is 18.1 Å². The van der Waals surface area contributed by atoms with Gasteiger partial charge in [0, 0.05) is 0 Å². The van der Waals surface area contributed by atoms with Crippen LogP contribution < -0.4 is 21.7 Å². The third kappa shape index (κ3) is 11.1. The molecule has 0 fully saturated rings. The maximum atomic E-state index is 12.9. The van der Waals surface area contributed by atoms with E-state index in [0.717, 1.165) is 0 Å². The molecule has 11 nitrogen and oxygen atoms in total. The molecule has 0 heterocycles. The number of carbonyl (C=O) groups is 5. The Kier molecular flexibility index (Phi) is 12.5. The number of hydrogen-bond acceptors (Lipinski definition) is 6. The lowest BCUT2D eigenvalue weighted by atomic mass is 10.00. The van der Waals surface area contributed by atoms with E-state index < -0.39 is 66.2 Å². The van der Waals surface area contributed by atoms with Crippen molar-refractivity contribution in [3.8, 4) is 0 Å². The van der Waals surface area contributed by atoms with Crippen LogP contribution in [0.4, 0.5) is 0 Å². The van der Waals surface area contributed by atoms with Crippen LogP contribution in [0.2, 0.25) is 0 Å². The standard InChI is InChI=1S/C21H38N4O7/c1-10(2)7-13(22)18(28)23-14(8-11(3)4)19(29)24-15(9-16(26)27)20(30)25-17(12(5)6)21(31)32/h10-15,17H,7-9,22H2,1-6H3,(H,23,28)(H,24,29)(H,25,30)(H,26,27)(H,31,32). The molecule has 0 saturated carbocycles. The lowest BCUT2D eigenvalue weighted by molar-refractivity contribution is -0.144. The highest BCUT2D eigenvalue weighted by Gasteiger charge is 2.32. The predicted molar refractivity (Wildman–Crippen MR) is 117 cm³/mol. The van der Waals surface area contributed by atoms with E-state index in [1.54, 1.807) is 13.8 Å². The number of rotatable bonds is 14. The Morgan fingerprint density at radius 1 is 0.719 bits per heavy atom. The van der Waals surface area contributed by atoms with Crippen LogP contribution in [-0.4, -0.2) is 64.0 Å². The first-order valence-corrected chi connectivity index (χ1v) is 10.8. The Hall–Kier alpha value is -2.69. The van der Waals surface area contributed by atoms with E-state index in [0.29, 0.717) is 6.42 Å². The van der Waals surface area contributed by atoms with Crippen molar-refractivity contribution in [3.63, 3.8) is 0 Å². The minimum absolute atomic E-state index is 0.00328. The summed E-state index contributed by atoms with van der Waals surface area (Å²) < 4.78 is 0. The molecule has 3 amide bonds. The van der Waals surface area contributed by atoms with Gasteiger partial charge in [-0.05, 0) is 30.6 Å². The van der Waals surface area contributed by atoms with Crippen LogP contribution >= 0.6 is 0 Å². The Balaban J connectivity index is 5.51. The zero-order valence-corrected chi connectivity index (χ0v) is 19.7. The number of amides is 3. The van der Waals surface area contributed by atoms with Gasteiger partial charge in [-0.2, -0.15) is 0 Å². The summed E-state index contributed by atoms with van der Waals surface area (Å²) in [5, 5.41) is 25.6. The molecule has 0 aliphatic rings. The van der Waals surface area contributed by atoms with Crippen LogP contribution in [0.25, 0.3) is 0 Å². The van der Waals surface area contributed by atoms with Gasteiger partial charge in [0.05, 0.1) is 12.5 Å². The molecule has 0 rings (SSSR count). The molecule has 0 radical (unpaired) electrons. The van der Waals surface area contributed by atoms with Crippen molar-refractivity contribution in [1.29, 1.82) is 0 Å². The lowest BCUT2D eigenvalue weighted by Crippen LogP contribution is -2.58. The molecule has 4 unspecified atom stereocenters. The predicted octanol–water partition coefficient (Wildman–Crippen LogP) is 0.0756. The van der Waals surface area contributed by atoms with E-state index in [-0.39, 0.29) is 18.3 Å². The smallest absolute Gasteiger partial charge is 0.326 e. The zero-order chi connectivity index (χ0) is 25.2. The number of carboxylic acid groups (broad SMARTS) is 2. The first kappa shape index (κ1) is 29.3. The van der Waals surface area contributed by atoms with Gasteiger partial charge in [-0.3, -0.25) is 19.2 Å². The van der Waals surface area contributed by atoms with E-state index in [1.807, 2.05) is 27.7 Å². The Morgan fingerprint density at radius 3 is 1.59 bits per heavy atom. The van der Waals surface area contributed by atoms with Gasteiger partial charge in [0.2, 0.25) is 17.7 Å². The van der Waals surface area contributed by atoms with Gasteiger partial charge in [-0.15, -0.1) is 0 Å². The fourth-order valence-corrected chi connectivity index (χ4v) is 3.02. The van der Waals surface area contributed by atoms with Crippen LogP contribution in [0.15, 0.2) is 0 Å². The highest BCUT2D eigenvalue weighted by atomic mass is 16.4. The second-order valence-electron chi connectivity index (χ2n) is 9.15. The molecule has 0 aliphatic carbocycles. The third-order valence-corrected chi connectivity index (χ3v) is 4.64. The number of aliphatic carboxylic acids is 2. The van der Waals surface area contributed by atoms with E-state index in [4.69, 9.17) is 10.8 Å². The van der Waals surface area contributed by atoms with Crippen LogP contribution in [0, 0.1) is 17.8 Å². The quantitative estimate of drug-likeness (QED) is 0.211. The highest BCUT2D eigenvalue weighted by molar-refractivity contribution is 5.95. The first-order valence-electron chi connectivity index (χ1n) is 10.8. The fraction of sp³-hybridized carbons (Fsp3) is 0.762. The van der Waals surface area contributed by atoms with E-state index in [2.05, 4.69) is 16.0 Å². The summed E-state index contributed by atoms with van der Waals surface area (Å²) in [6, 6.07) is -4.63. The van der Waals surface area contributed by atoms with E-state index >= 15 is 0 Å². The molecule has 4 atom stereocenters. The molecular weight excluding hydrogens is 420 g/mol.